The quantitative estimate of drug-likeness (QED) is 0.677. The van der Waals surface area contributed by atoms with Crippen LogP contribution in [0.1, 0.15) is 18.9 Å². The van der Waals surface area contributed by atoms with Crippen molar-refractivity contribution < 1.29 is 24.5 Å². The summed E-state index contributed by atoms with van der Waals surface area (Å²) in [5.41, 5.74) is 0.313. The Hall–Kier alpha value is -3.16. The maximum absolute atomic E-state index is 12.6. The molecule has 4 rings (SSSR count). The van der Waals surface area contributed by atoms with E-state index in [2.05, 4.69) is 5.32 Å². The second-order valence-corrected chi connectivity index (χ2v) is 7.17. The van der Waals surface area contributed by atoms with Gasteiger partial charge in [-0.05, 0) is 36.8 Å². The van der Waals surface area contributed by atoms with E-state index in [-0.39, 0.29) is 19.1 Å². The van der Waals surface area contributed by atoms with Gasteiger partial charge in [0.2, 0.25) is 0 Å². The third kappa shape index (κ3) is 3.08. The number of carbonyl (C=O) groups is 2. The van der Waals surface area contributed by atoms with E-state index in [1.165, 1.54) is 4.90 Å². The van der Waals surface area contributed by atoms with Gasteiger partial charge < -0.3 is 20.3 Å². The molecule has 7 nitrogen and oxygen atoms in total. The molecule has 0 unspecified atom stereocenters. The van der Waals surface area contributed by atoms with Crippen molar-refractivity contribution in [3.8, 4) is 5.75 Å². The van der Waals surface area contributed by atoms with Crippen molar-refractivity contribution in [3.63, 3.8) is 0 Å². The summed E-state index contributed by atoms with van der Waals surface area (Å²) < 4.78 is 5.49. The smallest absolute Gasteiger partial charge is 0.269 e. The number of hydrogen-bond acceptors (Lipinski definition) is 5. The van der Waals surface area contributed by atoms with Crippen LogP contribution in [0.4, 0.5) is 17.1 Å². The fourth-order valence-electron chi connectivity index (χ4n) is 3.79. The van der Waals surface area contributed by atoms with E-state index >= 15 is 0 Å². The van der Waals surface area contributed by atoms with Crippen LogP contribution in [0.5, 0.6) is 5.75 Å². The van der Waals surface area contributed by atoms with Gasteiger partial charge >= 0.3 is 0 Å². The summed E-state index contributed by atoms with van der Waals surface area (Å²) in [6.45, 7) is 1.65. The van der Waals surface area contributed by atoms with Gasteiger partial charge in [0.1, 0.15) is 5.75 Å². The van der Waals surface area contributed by atoms with Crippen LogP contribution in [0.2, 0.25) is 0 Å². The van der Waals surface area contributed by atoms with Gasteiger partial charge in [-0.2, -0.15) is 0 Å². The van der Waals surface area contributed by atoms with E-state index in [1.54, 1.807) is 49.4 Å². The average molecular weight is 394 g/mol. The highest BCUT2D eigenvalue weighted by Gasteiger charge is 2.49. The summed E-state index contributed by atoms with van der Waals surface area (Å²) in [5, 5.41) is 23.0. The molecule has 2 amide bonds. The molecular formula is C22H22N2O5. The summed E-state index contributed by atoms with van der Waals surface area (Å²) in [6, 6.07) is 12.3. The Morgan fingerprint density at radius 1 is 1.28 bits per heavy atom. The molecule has 0 saturated carbocycles. The summed E-state index contributed by atoms with van der Waals surface area (Å²) in [4.78, 5) is 26.8. The molecule has 0 fully saturated rings. The van der Waals surface area contributed by atoms with Crippen LogP contribution in [0.3, 0.4) is 0 Å². The molecule has 3 N–H and O–H groups in total. The molecule has 0 aliphatic carbocycles. The predicted molar refractivity (Wildman–Crippen MR) is 108 cm³/mol. The summed E-state index contributed by atoms with van der Waals surface area (Å²) in [7, 11) is 0. The minimum atomic E-state index is -1.77. The average Bonchev–Trinajstić information content (AvgIpc) is 2.99. The van der Waals surface area contributed by atoms with Crippen LogP contribution in [0.25, 0.3) is 0 Å². The Bertz CT molecular complexity index is 1000. The van der Waals surface area contributed by atoms with E-state index in [0.29, 0.717) is 34.8 Å². The number of ether oxygens (including phenoxy) is 1. The third-order valence-corrected chi connectivity index (χ3v) is 5.35. The first-order chi connectivity index (χ1) is 14.0. The van der Waals surface area contributed by atoms with Gasteiger partial charge in [-0.25, -0.2) is 0 Å². The van der Waals surface area contributed by atoms with Crippen LogP contribution in [-0.2, 0) is 15.2 Å². The molecule has 150 valence electrons. The number of amides is 2. The molecule has 29 heavy (non-hydrogen) atoms. The van der Waals surface area contributed by atoms with Gasteiger partial charge in [0.15, 0.2) is 12.2 Å². The fraction of sp³-hybridized carbons (Fsp3) is 0.273. The van der Waals surface area contributed by atoms with Gasteiger partial charge in [0.05, 0.1) is 5.69 Å². The minimum absolute atomic E-state index is 0.00681. The highest BCUT2D eigenvalue weighted by atomic mass is 16.5. The molecule has 0 radical (unpaired) electrons. The van der Waals surface area contributed by atoms with Gasteiger partial charge in [-0.3, -0.25) is 14.5 Å². The third-order valence-electron chi connectivity index (χ3n) is 5.35. The number of fused-ring (bicyclic) bond motifs is 2. The Balaban J connectivity index is 1.77. The second-order valence-electron chi connectivity index (χ2n) is 7.17. The fourth-order valence-corrected chi connectivity index (χ4v) is 3.79. The highest BCUT2D eigenvalue weighted by molar-refractivity contribution is 6.08. The standard InChI is InChI=1S/C22H22N2O5/c1-14(6-4-5-11-25)22(28)16-12-15(9-10-17(16)23-21(22)27)24-18-7-2-3-8-19(18)29-13-20(24)26/h2-4,6-10,12,14,25,28H,5,11,13H2,1H3,(H,23,27)/b6-4+/t14-,22+/m1/s1. The van der Waals surface area contributed by atoms with Crippen molar-refractivity contribution in [2.75, 3.05) is 23.4 Å². The zero-order valence-electron chi connectivity index (χ0n) is 16.0. The highest BCUT2D eigenvalue weighted by Crippen LogP contribution is 2.45. The Morgan fingerprint density at radius 2 is 2.07 bits per heavy atom. The molecular weight excluding hydrogens is 372 g/mol. The Labute approximate surface area is 168 Å². The molecule has 7 heteroatoms. The lowest BCUT2D eigenvalue weighted by Crippen LogP contribution is -2.40. The lowest BCUT2D eigenvalue weighted by molar-refractivity contribution is -0.137. The molecule has 2 atom stereocenters. The zero-order valence-corrected chi connectivity index (χ0v) is 16.0. The van der Waals surface area contributed by atoms with Crippen LogP contribution >= 0.6 is 0 Å². The lowest BCUT2D eigenvalue weighted by atomic mass is 9.82. The van der Waals surface area contributed by atoms with Crippen LogP contribution in [0.15, 0.2) is 54.6 Å². The first-order valence-corrected chi connectivity index (χ1v) is 9.47. The molecule has 2 aliphatic heterocycles. The Kier molecular flexibility index (Phi) is 4.86. The van der Waals surface area contributed by atoms with E-state index in [4.69, 9.17) is 9.84 Å². The normalized spacial score (nSPS) is 21.6. The molecule has 2 aliphatic rings. The number of hydrogen-bond donors (Lipinski definition) is 3. The van der Waals surface area contributed by atoms with Crippen molar-refractivity contribution in [2.24, 2.45) is 5.92 Å². The van der Waals surface area contributed by atoms with Crippen LogP contribution in [0, 0.1) is 5.92 Å². The van der Waals surface area contributed by atoms with Crippen molar-refractivity contribution in [1.82, 2.24) is 0 Å². The maximum atomic E-state index is 12.6. The number of nitrogens with one attached hydrogen (secondary N) is 1. The molecule has 2 aromatic rings. The van der Waals surface area contributed by atoms with Crippen molar-refractivity contribution in [2.45, 2.75) is 18.9 Å². The molecule has 0 aromatic heterocycles. The number of carbonyl (C=O) groups excluding carboxylic acids is 2. The minimum Gasteiger partial charge on any atom is -0.482 e. The SMILES string of the molecule is C[C@H](/C=C/CCO)[C@@]1(O)C(=O)Nc2ccc(N3C(=O)COc4ccccc43)cc21. The van der Waals surface area contributed by atoms with Crippen molar-refractivity contribution >= 4 is 28.9 Å². The number of anilines is 3. The number of aliphatic hydroxyl groups is 2. The van der Waals surface area contributed by atoms with Crippen LogP contribution < -0.4 is 15.0 Å². The van der Waals surface area contributed by atoms with Gasteiger partial charge in [0.25, 0.3) is 11.8 Å². The first-order valence-electron chi connectivity index (χ1n) is 9.47. The topological polar surface area (TPSA) is 99.1 Å². The molecule has 0 spiro atoms. The molecule has 0 saturated heterocycles. The maximum Gasteiger partial charge on any atom is 0.269 e. The number of nitrogens with zero attached hydrogens (tertiary/aromatic N) is 1. The predicted octanol–water partition coefficient (Wildman–Crippen LogP) is 2.46. The van der Waals surface area contributed by atoms with Crippen molar-refractivity contribution in [3.05, 3.63) is 60.2 Å². The number of para-hydroxylation sites is 2. The van der Waals surface area contributed by atoms with E-state index in [0.717, 1.165) is 0 Å². The van der Waals surface area contributed by atoms with Crippen LogP contribution in [-0.4, -0.2) is 35.2 Å². The molecule has 2 heterocycles. The van der Waals surface area contributed by atoms with E-state index in [9.17, 15) is 14.7 Å². The summed E-state index contributed by atoms with van der Waals surface area (Å²) >= 11 is 0. The number of rotatable bonds is 5. The zero-order chi connectivity index (χ0) is 20.6. The second kappa shape index (κ2) is 7.35. The van der Waals surface area contributed by atoms with Gasteiger partial charge in [0, 0.05) is 29.5 Å². The van der Waals surface area contributed by atoms with Gasteiger partial charge in [-0.1, -0.05) is 31.2 Å². The largest absolute Gasteiger partial charge is 0.482 e. The molecule has 2 aromatic carbocycles. The summed E-state index contributed by atoms with van der Waals surface area (Å²) in [5.74, 6) is -0.685. The number of benzene rings is 2. The first kappa shape index (κ1) is 19.2. The molecule has 0 bridgehead atoms. The van der Waals surface area contributed by atoms with E-state index < -0.39 is 17.4 Å². The van der Waals surface area contributed by atoms with Crippen molar-refractivity contribution in [1.29, 1.82) is 0 Å². The van der Waals surface area contributed by atoms with E-state index in [1.807, 2.05) is 12.1 Å². The van der Waals surface area contributed by atoms with Gasteiger partial charge in [-0.15, -0.1) is 0 Å². The number of aliphatic hydroxyl groups excluding tert-OH is 1. The Morgan fingerprint density at radius 3 is 2.86 bits per heavy atom. The lowest BCUT2D eigenvalue weighted by Gasteiger charge is -2.31. The monoisotopic (exact) mass is 394 g/mol. The summed E-state index contributed by atoms with van der Waals surface area (Å²) in [6.07, 6.45) is 3.89.